The molecule has 0 unspecified atom stereocenters. The van der Waals surface area contributed by atoms with E-state index in [2.05, 4.69) is 20.2 Å². The normalized spacial score (nSPS) is 10.3. The fourth-order valence-electron chi connectivity index (χ4n) is 1.63. The average molecular weight is 271 g/mol. The molecule has 1 amide bonds. The molecule has 19 heavy (non-hydrogen) atoms. The Balaban J connectivity index is 2.03. The van der Waals surface area contributed by atoms with Crippen LogP contribution in [0.3, 0.4) is 0 Å². The second-order valence-electron chi connectivity index (χ2n) is 3.65. The summed E-state index contributed by atoms with van der Waals surface area (Å²) in [6.07, 6.45) is 2.94. The lowest BCUT2D eigenvalue weighted by atomic mass is 10.3. The molecule has 6 nitrogen and oxygen atoms in total. The van der Waals surface area contributed by atoms with Crippen molar-refractivity contribution in [3.05, 3.63) is 53.2 Å². The largest absolute Gasteiger partial charge is 0.283 e. The van der Waals surface area contributed by atoms with E-state index >= 15 is 0 Å². The molecule has 0 bridgehead atoms. The van der Waals surface area contributed by atoms with Crippen molar-refractivity contribution in [2.45, 2.75) is 0 Å². The lowest BCUT2D eigenvalue weighted by Gasteiger charge is -2.17. The van der Waals surface area contributed by atoms with Gasteiger partial charge in [-0.25, -0.2) is 10.00 Å². The first kappa shape index (κ1) is 11.5. The quantitative estimate of drug-likeness (QED) is 0.792. The Hall–Kier alpha value is -2.54. The first-order valence-corrected chi connectivity index (χ1v) is 6.43. The summed E-state index contributed by atoms with van der Waals surface area (Å²) in [7, 11) is 0. The van der Waals surface area contributed by atoms with Crippen LogP contribution in [0, 0.1) is 0 Å². The molecule has 3 aromatic rings. The molecule has 0 atom stereocenters. The Morgan fingerprint density at radius 3 is 2.84 bits per heavy atom. The van der Waals surface area contributed by atoms with E-state index in [0.717, 1.165) is 5.69 Å². The Morgan fingerprint density at radius 1 is 1.26 bits per heavy atom. The van der Waals surface area contributed by atoms with Gasteiger partial charge in [-0.15, -0.1) is 0 Å². The van der Waals surface area contributed by atoms with Gasteiger partial charge < -0.3 is 0 Å². The maximum atomic E-state index is 12.5. The molecule has 0 radical (unpaired) electrons. The zero-order valence-corrected chi connectivity index (χ0v) is 10.5. The van der Waals surface area contributed by atoms with Crippen LogP contribution in [-0.4, -0.2) is 26.1 Å². The van der Waals surface area contributed by atoms with Crippen LogP contribution in [0.4, 0.5) is 11.6 Å². The summed E-state index contributed by atoms with van der Waals surface area (Å²) in [6, 6.07) is 7.04. The molecule has 3 rings (SSSR count). The van der Waals surface area contributed by atoms with E-state index in [1.807, 2.05) is 16.8 Å². The van der Waals surface area contributed by atoms with Gasteiger partial charge in [-0.05, 0) is 23.6 Å². The van der Waals surface area contributed by atoms with Crippen molar-refractivity contribution in [3.8, 4) is 0 Å². The SMILES string of the molecule is O=C(c1ccccn1)N(c1ccsc1)c1ncn[nH]1. The van der Waals surface area contributed by atoms with Crippen LogP contribution in [0.1, 0.15) is 10.5 Å². The number of H-pyrrole nitrogens is 1. The molecule has 0 saturated carbocycles. The number of amides is 1. The predicted molar refractivity (Wildman–Crippen MR) is 71.4 cm³/mol. The number of aromatic nitrogens is 4. The van der Waals surface area contributed by atoms with E-state index in [0.29, 0.717) is 11.6 Å². The third-order valence-electron chi connectivity index (χ3n) is 2.47. The fraction of sp³-hybridized carbons (Fsp3) is 0. The van der Waals surface area contributed by atoms with Crippen LogP contribution in [-0.2, 0) is 0 Å². The smallest absolute Gasteiger partial charge is 0.266 e. The topological polar surface area (TPSA) is 74.8 Å². The van der Waals surface area contributed by atoms with Gasteiger partial charge in [0, 0.05) is 11.6 Å². The van der Waals surface area contributed by atoms with E-state index in [9.17, 15) is 4.79 Å². The average Bonchev–Trinajstić information content (AvgIpc) is 3.13. The Morgan fingerprint density at radius 2 is 2.21 bits per heavy atom. The number of carbonyl (C=O) groups excluding carboxylic acids is 1. The van der Waals surface area contributed by atoms with Gasteiger partial charge in [0.15, 0.2) is 0 Å². The molecule has 0 aliphatic carbocycles. The van der Waals surface area contributed by atoms with Crippen LogP contribution in [0.25, 0.3) is 0 Å². The highest BCUT2D eigenvalue weighted by Gasteiger charge is 2.23. The summed E-state index contributed by atoms with van der Waals surface area (Å²) in [5, 5.41) is 10.2. The lowest BCUT2D eigenvalue weighted by Crippen LogP contribution is -2.27. The Kier molecular flexibility index (Phi) is 3.03. The summed E-state index contributed by atoms with van der Waals surface area (Å²) < 4.78 is 0. The van der Waals surface area contributed by atoms with Crippen molar-refractivity contribution in [1.29, 1.82) is 0 Å². The summed E-state index contributed by atoms with van der Waals surface area (Å²) in [6.45, 7) is 0. The van der Waals surface area contributed by atoms with E-state index < -0.39 is 0 Å². The number of nitrogens with zero attached hydrogens (tertiary/aromatic N) is 4. The zero-order chi connectivity index (χ0) is 13.1. The predicted octanol–water partition coefficient (Wildman–Crippen LogP) is 2.24. The van der Waals surface area contributed by atoms with Crippen molar-refractivity contribution in [3.63, 3.8) is 0 Å². The number of anilines is 2. The van der Waals surface area contributed by atoms with Gasteiger partial charge in [0.2, 0.25) is 5.95 Å². The second kappa shape index (κ2) is 4.99. The highest BCUT2D eigenvalue weighted by atomic mass is 32.1. The van der Waals surface area contributed by atoms with Crippen molar-refractivity contribution >= 4 is 28.9 Å². The molecule has 0 saturated heterocycles. The van der Waals surface area contributed by atoms with Gasteiger partial charge in [-0.2, -0.15) is 21.4 Å². The molecule has 0 spiro atoms. The summed E-state index contributed by atoms with van der Waals surface area (Å²) in [4.78, 5) is 22.1. The molecule has 1 N–H and O–H groups in total. The molecule has 0 aliphatic heterocycles. The molecule has 94 valence electrons. The molecule has 3 heterocycles. The van der Waals surface area contributed by atoms with Crippen LogP contribution >= 0.6 is 11.3 Å². The number of nitrogens with one attached hydrogen (secondary N) is 1. The van der Waals surface area contributed by atoms with Crippen LogP contribution in [0.2, 0.25) is 0 Å². The number of thiophene rings is 1. The standard InChI is InChI=1S/C12H9N5OS/c18-11(10-3-1-2-5-13-10)17(9-4-6-19-7-9)12-14-8-15-16-12/h1-8H,(H,14,15,16). The first-order chi connectivity index (χ1) is 9.36. The third-order valence-corrected chi connectivity index (χ3v) is 3.14. The van der Waals surface area contributed by atoms with Gasteiger partial charge >= 0.3 is 0 Å². The maximum absolute atomic E-state index is 12.5. The van der Waals surface area contributed by atoms with E-state index in [-0.39, 0.29) is 5.91 Å². The van der Waals surface area contributed by atoms with Crippen LogP contribution in [0.15, 0.2) is 47.5 Å². The van der Waals surface area contributed by atoms with Gasteiger partial charge in [0.25, 0.3) is 5.91 Å². The molecule has 0 fully saturated rings. The van der Waals surface area contributed by atoms with Crippen molar-refractivity contribution in [2.24, 2.45) is 0 Å². The van der Waals surface area contributed by atoms with Crippen molar-refractivity contribution in [2.75, 3.05) is 4.90 Å². The van der Waals surface area contributed by atoms with E-state index in [1.54, 1.807) is 24.4 Å². The monoisotopic (exact) mass is 271 g/mol. The molecular weight excluding hydrogens is 262 g/mol. The van der Waals surface area contributed by atoms with E-state index in [1.165, 1.54) is 22.6 Å². The number of pyridine rings is 1. The lowest BCUT2D eigenvalue weighted by molar-refractivity contribution is 0.0993. The van der Waals surface area contributed by atoms with Gasteiger partial charge in [0.05, 0.1) is 5.69 Å². The number of aromatic amines is 1. The number of hydrogen-bond donors (Lipinski definition) is 1. The summed E-state index contributed by atoms with van der Waals surface area (Å²) in [5.74, 6) is 0.116. The summed E-state index contributed by atoms with van der Waals surface area (Å²) in [5.41, 5.74) is 1.09. The zero-order valence-electron chi connectivity index (χ0n) is 9.72. The molecular formula is C12H9N5OS. The Bertz CT molecular complexity index is 617. The summed E-state index contributed by atoms with van der Waals surface area (Å²) >= 11 is 1.50. The minimum absolute atomic E-state index is 0.254. The third kappa shape index (κ3) is 2.23. The highest BCUT2D eigenvalue weighted by Crippen LogP contribution is 2.25. The Labute approximate surface area is 112 Å². The second-order valence-corrected chi connectivity index (χ2v) is 4.43. The van der Waals surface area contributed by atoms with Crippen molar-refractivity contribution < 1.29 is 4.79 Å². The minimum atomic E-state index is -0.254. The minimum Gasteiger partial charge on any atom is -0.266 e. The highest BCUT2D eigenvalue weighted by molar-refractivity contribution is 7.08. The van der Waals surface area contributed by atoms with Crippen LogP contribution in [0.5, 0.6) is 0 Å². The van der Waals surface area contributed by atoms with Gasteiger partial charge in [0.1, 0.15) is 12.0 Å². The molecule has 0 aromatic carbocycles. The molecule has 3 aromatic heterocycles. The fourth-order valence-corrected chi connectivity index (χ4v) is 2.25. The number of hydrogen-bond acceptors (Lipinski definition) is 5. The maximum Gasteiger partial charge on any atom is 0.283 e. The van der Waals surface area contributed by atoms with Gasteiger partial charge in [-0.3, -0.25) is 9.78 Å². The molecule has 7 heteroatoms. The number of rotatable bonds is 3. The van der Waals surface area contributed by atoms with Gasteiger partial charge in [-0.1, -0.05) is 6.07 Å². The molecule has 0 aliphatic rings. The van der Waals surface area contributed by atoms with Crippen LogP contribution < -0.4 is 4.90 Å². The van der Waals surface area contributed by atoms with E-state index in [4.69, 9.17) is 0 Å². The van der Waals surface area contributed by atoms with Crippen molar-refractivity contribution in [1.82, 2.24) is 20.2 Å². The number of carbonyl (C=O) groups is 1. The first-order valence-electron chi connectivity index (χ1n) is 5.49.